The Balaban J connectivity index is 1.62. The molecule has 0 spiro atoms. The van der Waals surface area contributed by atoms with Crippen LogP contribution in [0.2, 0.25) is 0 Å². The van der Waals surface area contributed by atoms with E-state index in [4.69, 9.17) is 0 Å². The van der Waals surface area contributed by atoms with Gasteiger partial charge in [0.1, 0.15) is 0 Å². The van der Waals surface area contributed by atoms with Crippen LogP contribution >= 0.6 is 11.8 Å². The summed E-state index contributed by atoms with van der Waals surface area (Å²) in [6.07, 6.45) is 4.19. The van der Waals surface area contributed by atoms with E-state index in [0.717, 1.165) is 28.2 Å². The summed E-state index contributed by atoms with van der Waals surface area (Å²) in [5.74, 6) is 0.0293. The van der Waals surface area contributed by atoms with Crippen molar-refractivity contribution >= 4 is 28.7 Å². The molecule has 2 N–H and O–H groups in total. The Morgan fingerprint density at radius 1 is 1.29 bits per heavy atom. The highest BCUT2D eigenvalue weighted by molar-refractivity contribution is 8.00. The van der Waals surface area contributed by atoms with Crippen LogP contribution in [0, 0.1) is 6.92 Å². The molecule has 0 aliphatic heterocycles. The van der Waals surface area contributed by atoms with Gasteiger partial charge in [0.2, 0.25) is 5.91 Å². The summed E-state index contributed by atoms with van der Waals surface area (Å²) in [4.78, 5) is 24.2. The lowest BCUT2D eigenvalue weighted by atomic mass is 10.1. The smallest absolute Gasteiger partial charge is 0.233 e. The van der Waals surface area contributed by atoms with Crippen molar-refractivity contribution in [3.05, 3.63) is 53.9 Å². The number of aromatic amines is 1. The third-order valence-electron chi connectivity index (χ3n) is 3.77. The van der Waals surface area contributed by atoms with E-state index in [9.17, 15) is 4.79 Å². The monoisotopic (exact) mass is 340 g/mol. The number of amides is 1. The summed E-state index contributed by atoms with van der Waals surface area (Å²) >= 11 is 1.45. The van der Waals surface area contributed by atoms with Gasteiger partial charge in [0.25, 0.3) is 0 Å². The third kappa shape index (κ3) is 3.94. The van der Waals surface area contributed by atoms with Gasteiger partial charge in [-0.15, -0.1) is 0 Å². The fourth-order valence-electron chi connectivity index (χ4n) is 2.36. The van der Waals surface area contributed by atoms with Gasteiger partial charge in [0.05, 0.1) is 22.5 Å². The van der Waals surface area contributed by atoms with E-state index >= 15 is 0 Å². The van der Waals surface area contributed by atoms with Gasteiger partial charge in [-0.05, 0) is 25.0 Å². The van der Waals surface area contributed by atoms with E-state index in [1.165, 1.54) is 17.3 Å². The first-order chi connectivity index (χ1) is 11.7. The van der Waals surface area contributed by atoms with E-state index in [1.807, 2.05) is 25.1 Å². The van der Waals surface area contributed by atoms with Crippen LogP contribution in [-0.2, 0) is 11.3 Å². The number of hydrogen-bond acceptors (Lipinski definition) is 4. The summed E-state index contributed by atoms with van der Waals surface area (Å²) < 4.78 is 0. The number of carbonyl (C=O) groups excluding carboxylic acids is 1. The quantitative estimate of drug-likeness (QED) is 0.674. The summed E-state index contributed by atoms with van der Waals surface area (Å²) in [6, 6.07) is 10.0. The second-order valence-corrected chi connectivity index (χ2v) is 6.84. The van der Waals surface area contributed by atoms with Crippen molar-refractivity contribution in [1.82, 2.24) is 20.3 Å². The molecule has 24 heavy (non-hydrogen) atoms. The molecule has 0 radical (unpaired) electrons. The van der Waals surface area contributed by atoms with Gasteiger partial charge in [-0.3, -0.25) is 9.78 Å². The highest BCUT2D eigenvalue weighted by atomic mass is 32.2. The number of nitrogens with zero attached hydrogens (tertiary/aromatic N) is 2. The third-order valence-corrected chi connectivity index (χ3v) is 5.01. The predicted molar refractivity (Wildman–Crippen MR) is 96.9 cm³/mol. The van der Waals surface area contributed by atoms with E-state index in [-0.39, 0.29) is 11.2 Å². The van der Waals surface area contributed by atoms with Gasteiger partial charge in [0, 0.05) is 12.7 Å². The number of nitrogens with one attached hydrogen (secondary N) is 2. The highest BCUT2D eigenvalue weighted by Gasteiger charge is 2.19. The molecule has 3 rings (SSSR count). The highest BCUT2D eigenvalue weighted by Crippen LogP contribution is 2.25. The van der Waals surface area contributed by atoms with E-state index in [1.54, 1.807) is 12.4 Å². The normalized spacial score (nSPS) is 12.2. The Morgan fingerprint density at radius 2 is 2.08 bits per heavy atom. The Bertz CT molecular complexity index is 795. The Labute approximate surface area is 145 Å². The molecule has 6 heteroatoms. The van der Waals surface area contributed by atoms with Crippen molar-refractivity contribution in [2.75, 3.05) is 0 Å². The molecular formula is C18H20N4OS. The van der Waals surface area contributed by atoms with Crippen molar-refractivity contribution < 1.29 is 4.79 Å². The fourth-order valence-corrected chi connectivity index (χ4v) is 3.30. The Hall–Kier alpha value is -2.34. The molecule has 0 saturated carbocycles. The van der Waals surface area contributed by atoms with Crippen LogP contribution < -0.4 is 5.32 Å². The van der Waals surface area contributed by atoms with Gasteiger partial charge in [-0.25, -0.2) is 4.98 Å². The molecular weight excluding hydrogens is 320 g/mol. The summed E-state index contributed by atoms with van der Waals surface area (Å²) in [7, 11) is 0. The standard InChI is InChI=1S/C18H20N4OS/c1-3-16(17(23)20-10-13-6-4-12(2)5-7-13)24-18-21-14-8-9-19-11-15(14)22-18/h4-9,11,16H,3,10H2,1-2H3,(H,20,23)(H,21,22). The number of thioether (sulfide) groups is 1. The van der Waals surface area contributed by atoms with Gasteiger partial charge >= 0.3 is 0 Å². The lowest BCUT2D eigenvalue weighted by Gasteiger charge is -2.13. The Kier molecular flexibility index (Phi) is 5.15. The fraction of sp³-hybridized carbons (Fsp3) is 0.278. The van der Waals surface area contributed by atoms with Gasteiger partial charge < -0.3 is 10.3 Å². The van der Waals surface area contributed by atoms with Crippen molar-refractivity contribution in [3.63, 3.8) is 0 Å². The number of hydrogen-bond donors (Lipinski definition) is 2. The maximum Gasteiger partial charge on any atom is 0.233 e. The zero-order valence-electron chi connectivity index (χ0n) is 13.7. The van der Waals surface area contributed by atoms with E-state index in [0.29, 0.717) is 6.54 Å². The minimum atomic E-state index is -0.177. The van der Waals surface area contributed by atoms with Crippen molar-refractivity contribution in [2.24, 2.45) is 0 Å². The molecule has 0 aliphatic carbocycles. The molecule has 1 atom stereocenters. The summed E-state index contributed by atoms with van der Waals surface area (Å²) in [6.45, 7) is 4.60. The maximum absolute atomic E-state index is 12.4. The minimum Gasteiger partial charge on any atom is -0.351 e. The number of rotatable bonds is 6. The molecule has 3 aromatic rings. The first-order valence-electron chi connectivity index (χ1n) is 7.95. The second kappa shape index (κ2) is 7.49. The van der Waals surface area contributed by atoms with E-state index < -0.39 is 0 Å². The second-order valence-electron chi connectivity index (χ2n) is 5.65. The molecule has 0 saturated heterocycles. The molecule has 1 amide bonds. The summed E-state index contributed by atoms with van der Waals surface area (Å²) in [5.41, 5.74) is 4.06. The molecule has 1 unspecified atom stereocenters. The topological polar surface area (TPSA) is 70.7 Å². The molecule has 0 fully saturated rings. The molecule has 0 aliphatic rings. The lowest BCUT2D eigenvalue weighted by molar-refractivity contribution is -0.120. The molecule has 124 valence electrons. The SMILES string of the molecule is CCC(Sc1nc2ccncc2[nH]1)C(=O)NCc1ccc(C)cc1. The van der Waals surface area contributed by atoms with Crippen LogP contribution in [0.25, 0.3) is 11.0 Å². The molecule has 2 aromatic heterocycles. The number of aromatic nitrogens is 3. The molecule has 2 heterocycles. The Morgan fingerprint density at radius 3 is 2.79 bits per heavy atom. The number of H-pyrrole nitrogens is 1. The average molecular weight is 340 g/mol. The van der Waals surface area contributed by atoms with Crippen LogP contribution in [-0.4, -0.2) is 26.1 Å². The maximum atomic E-state index is 12.4. The first kappa shape index (κ1) is 16.5. The van der Waals surface area contributed by atoms with Crippen LogP contribution in [0.1, 0.15) is 24.5 Å². The predicted octanol–water partition coefficient (Wildman–Crippen LogP) is 3.45. The number of imidazole rings is 1. The largest absolute Gasteiger partial charge is 0.351 e. The van der Waals surface area contributed by atoms with Crippen LogP contribution in [0.15, 0.2) is 47.9 Å². The number of carbonyl (C=O) groups is 1. The number of pyridine rings is 1. The zero-order chi connectivity index (χ0) is 16.9. The van der Waals surface area contributed by atoms with Crippen molar-refractivity contribution in [2.45, 2.75) is 37.2 Å². The van der Waals surface area contributed by atoms with Crippen molar-refractivity contribution in [3.8, 4) is 0 Å². The van der Waals surface area contributed by atoms with Crippen LogP contribution in [0.3, 0.4) is 0 Å². The van der Waals surface area contributed by atoms with Gasteiger partial charge in [0.15, 0.2) is 5.16 Å². The first-order valence-corrected chi connectivity index (χ1v) is 8.83. The van der Waals surface area contributed by atoms with Crippen LogP contribution in [0.5, 0.6) is 0 Å². The van der Waals surface area contributed by atoms with Gasteiger partial charge in [-0.1, -0.05) is 48.5 Å². The zero-order valence-corrected chi connectivity index (χ0v) is 14.6. The van der Waals surface area contributed by atoms with Crippen LogP contribution in [0.4, 0.5) is 0 Å². The molecule has 0 bridgehead atoms. The van der Waals surface area contributed by atoms with E-state index in [2.05, 4.69) is 39.3 Å². The summed E-state index contributed by atoms with van der Waals surface area (Å²) in [5, 5.41) is 3.58. The number of aryl methyl sites for hydroxylation is 1. The molecule has 1 aromatic carbocycles. The lowest BCUT2D eigenvalue weighted by Crippen LogP contribution is -2.31. The van der Waals surface area contributed by atoms with Crippen molar-refractivity contribution in [1.29, 1.82) is 0 Å². The minimum absolute atomic E-state index is 0.0293. The van der Waals surface area contributed by atoms with Gasteiger partial charge in [-0.2, -0.15) is 0 Å². The number of benzene rings is 1. The average Bonchev–Trinajstić information content (AvgIpc) is 3.01. The number of fused-ring (bicyclic) bond motifs is 1. The molecule has 5 nitrogen and oxygen atoms in total.